The molecule has 2 heterocycles. The molecule has 1 saturated heterocycles. The summed E-state index contributed by atoms with van der Waals surface area (Å²) in [5.41, 5.74) is 7.56. The molecule has 7 nitrogen and oxygen atoms in total. The zero-order valence-electron chi connectivity index (χ0n) is 14.8. The molecule has 0 radical (unpaired) electrons. The summed E-state index contributed by atoms with van der Waals surface area (Å²) in [4.78, 5) is 11.5. The number of nitrogen functional groups attached to an aromatic ring is 1. The fourth-order valence-corrected chi connectivity index (χ4v) is 4.22. The standard InChI is InChI=1S/C19H21N5O2S/c20-14-8-10-15(11-9-14)27(25,26)23-18-19(24-12-4-1-5-13-24)22-17-7-3-2-6-16(17)21-18/h2-3,6-11H,1,4-5,12-13,20H2,(H,21,23). The molecule has 0 aliphatic carbocycles. The monoisotopic (exact) mass is 383 g/mol. The van der Waals surface area contributed by atoms with Gasteiger partial charge in [0.25, 0.3) is 10.0 Å². The van der Waals surface area contributed by atoms with Crippen molar-refractivity contribution in [2.75, 3.05) is 28.4 Å². The number of hydrogen-bond donors (Lipinski definition) is 2. The van der Waals surface area contributed by atoms with Crippen LogP contribution in [0.3, 0.4) is 0 Å². The van der Waals surface area contributed by atoms with E-state index in [1.807, 2.05) is 24.3 Å². The van der Waals surface area contributed by atoms with Gasteiger partial charge in [-0.15, -0.1) is 0 Å². The van der Waals surface area contributed by atoms with Crippen molar-refractivity contribution in [1.82, 2.24) is 9.97 Å². The van der Waals surface area contributed by atoms with Crippen LogP contribution in [-0.4, -0.2) is 31.5 Å². The van der Waals surface area contributed by atoms with Crippen molar-refractivity contribution in [3.05, 3.63) is 48.5 Å². The van der Waals surface area contributed by atoms with Gasteiger partial charge in [-0.2, -0.15) is 0 Å². The Morgan fingerprint density at radius 2 is 1.52 bits per heavy atom. The Balaban J connectivity index is 1.77. The summed E-state index contributed by atoms with van der Waals surface area (Å²) >= 11 is 0. The zero-order valence-corrected chi connectivity index (χ0v) is 15.6. The van der Waals surface area contributed by atoms with Crippen LogP contribution in [-0.2, 0) is 10.0 Å². The fraction of sp³-hybridized carbons (Fsp3) is 0.263. The number of rotatable bonds is 4. The lowest BCUT2D eigenvalue weighted by atomic mass is 10.1. The van der Waals surface area contributed by atoms with Crippen LogP contribution in [0, 0.1) is 0 Å². The molecule has 2 aromatic carbocycles. The highest BCUT2D eigenvalue weighted by Gasteiger charge is 2.23. The summed E-state index contributed by atoms with van der Waals surface area (Å²) in [5, 5.41) is 0. The number of benzene rings is 2. The topological polar surface area (TPSA) is 101 Å². The highest BCUT2D eigenvalue weighted by atomic mass is 32.2. The predicted octanol–water partition coefficient (Wildman–Crippen LogP) is 3.00. The molecule has 8 heteroatoms. The number of para-hydroxylation sites is 2. The van der Waals surface area contributed by atoms with E-state index in [-0.39, 0.29) is 10.7 Å². The van der Waals surface area contributed by atoms with E-state index in [9.17, 15) is 8.42 Å². The number of sulfonamides is 1. The Kier molecular flexibility index (Phi) is 4.57. The minimum absolute atomic E-state index is 0.135. The molecule has 27 heavy (non-hydrogen) atoms. The normalized spacial score (nSPS) is 15.0. The van der Waals surface area contributed by atoms with E-state index in [0.717, 1.165) is 31.4 Å². The van der Waals surface area contributed by atoms with Crippen molar-refractivity contribution < 1.29 is 8.42 Å². The molecule has 0 unspecified atom stereocenters. The molecule has 0 saturated carbocycles. The summed E-state index contributed by atoms with van der Waals surface area (Å²) < 4.78 is 28.3. The van der Waals surface area contributed by atoms with Crippen LogP contribution in [0.2, 0.25) is 0 Å². The Labute approximate surface area is 158 Å². The van der Waals surface area contributed by atoms with Gasteiger partial charge < -0.3 is 10.6 Å². The molecule has 0 spiro atoms. The number of aromatic nitrogens is 2. The average Bonchev–Trinajstić information content (AvgIpc) is 2.68. The number of hydrogen-bond acceptors (Lipinski definition) is 6. The van der Waals surface area contributed by atoms with E-state index in [4.69, 9.17) is 10.7 Å². The molecular weight excluding hydrogens is 362 g/mol. The lowest BCUT2D eigenvalue weighted by Crippen LogP contribution is -2.31. The summed E-state index contributed by atoms with van der Waals surface area (Å²) in [6.45, 7) is 1.67. The van der Waals surface area contributed by atoms with Crippen molar-refractivity contribution >= 4 is 38.4 Å². The highest BCUT2D eigenvalue weighted by molar-refractivity contribution is 7.92. The second-order valence-corrected chi connectivity index (χ2v) is 8.29. The van der Waals surface area contributed by atoms with Crippen LogP contribution in [0.15, 0.2) is 53.4 Å². The Hall–Kier alpha value is -2.87. The third-order valence-electron chi connectivity index (χ3n) is 4.63. The smallest absolute Gasteiger partial charge is 0.263 e. The minimum Gasteiger partial charge on any atom is -0.399 e. The maximum Gasteiger partial charge on any atom is 0.263 e. The first kappa shape index (κ1) is 17.5. The van der Waals surface area contributed by atoms with Gasteiger partial charge in [-0.25, -0.2) is 18.4 Å². The molecule has 1 aliphatic rings. The average molecular weight is 383 g/mol. The molecule has 140 valence electrons. The number of anilines is 3. The molecule has 0 amide bonds. The molecule has 0 atom stereocenters. The van der Waals surface area contributed by atoms with Gasteiger partial charge in [-0.05, 0) is 55.7 Å². The summed E-state index contributed by atoms with van der Waals surface area (Å²) in [6.07, 6.45) is 3.28. The van der Waals surface area contributed by atoms with Gasteiger partial charge in [0, 0.05) is 18.8 Å². The van der Waals surface area contributed by atoms with E-state index < -0.39 is 10.0 Å². The number of nitrogens with two attached hydrogens (primary N) is 1. The SMILES string of the molecule is Nc1ccc(S(=O)(=O)Nc2nc3ccccc3nc2N2CCCCC2)cc1. The third kappa shape index (κ3) is 3.66. The van der Waals surface area contributed by atoms with Gasteiger partial charge in [0.05, 0.1) is 15.9 Å². The summed E-state index contributed by atoms with van der Waals surface area (Å²) in [6, 6.07) is 13.5. The number of nitrogens with one attached hydrogen (secondary N) is 1. The van der Waals surface area contributed by atoms with Gasteiger partial charge in [0.2, 0.25) is 0 Å². The maximum atomic E-state index is 12.8. The van der Waals surface area contributed by atoms with Gasteiger partial charge in [0.15, 0.2) is 11.6 Å². The van der Waals surface area contributed by atoms with Crippen molar-refractivity contribution in [1.29, 1.82) is 0 Å². The van der Waals surface area contributed by atoms with Gasteiger partial charge in [-0.3, -0.25) is 4.72 Å². The van der Waals surface area contributed by atoms with Crippen LogP contribution >= 0.6 is 0 Å². The second kappa shape index (κ2) is 7.03. The molecule has 0 bridgehead atoms. The number of nitrogens with zero attached hydrogens (tertiary/aromatic N) is 3. The maximum absolute atomic E-state index is 12.8. The fourth-order valence-electron chi connectivity index (χ4n) is 3.22. The van der Waals surface area contributed by atoms with Crippen LogP contribution in [0.25, 0.3) is 11.0 Å². The molecular formula is C19H21N5O2S. The Morgan fingerprint density at radius 3 is 2.19 bits per heavy atom. The molecule has 3 N–H and O–H groups in total. The van der Waals surface area contributed by atoms with E-state index in [0.29, 0.717) is 17.0 Å². The number of fused-ring (bicyclic) bond motifs is 1. The van der Waals surface area contributed by atoms with E-state index >= 15 is 0 Å². The largest absolute Gasteiger partial charge is 0.399 e. The second-order valence-electron chi connectivity index (χ2n) is 6.61. The lowest BCUT2D eigenvalue weighted by Gasteiger charge is -2.29. The minimum atomic E-state index is -3.79. The van der Waals surface area contributed by atoms with Crippen molar-refractivity contribution in [3.63, 3.8) is 0 Å². The molecule has 3 aromatic rings. The molecule has 1 aromatic heterocycles. The van der Waals surface area contributed by atoms with Crippen LogP contribution in [0.1, 0.15) is 19.3 Å². The van der Waals surface area contributed by atoms with E-state index in [2.05, 4.69) is 14.6 Å². The predicted molar refractivity (Wildman–Crippen MR) is 107 cm³/mol. The summed E-state index contributed by atoms with van der Waals surface area (Å²) in [5.74, 6) is 0.833. The van der Waals surface area contributed by atoms with E-state index in [1.165, 1.54) is 18.6 Å². The lowest BCUT2D eigenvalue weighted by molar-refractivity contribution is 0.574. The first-order chi connectivity index (χ1) is 13.0. The first-order valence-corrected chi connectivity index (χ1v) is 10.4. The summed E-state index contributed by atoms with van der Waals surface area (Å²) in [7, 11) is -3.79. The molecule has 4 rings (SSSR count). The zero-order chi connectivity index (χ0) is 18.9. The first-order valence-electron chi connectivity index (χ1n) is 8.93. The van der Waals surface area contributed by atoms with Crippen LogP contribution in [0.5, 0.6) is 0 Å². The van der Waals surface area contributed by atoms with Crippen LogP contribution < -0.4 is 15.4 Å². The molecule has 1 fully saturated rings. The number of piperidine rings is 1. The van der Waals surface area contributed by atoms with Gasteiger partial charge in [-0.1, -0.05) is 12.1 Å². The van der Waals surface area contributed by atoms with E-state index in [1.54, 1.807) is 12.1 Å². The third-order valence-corrected chi connectivity index (χ3v) is 5.98. The Bertz CT molecular complexity index is 1060. The van der Waals surface area contributed by atoms with Gasteiger partial charge in [0.1, 0.15) is 0 Å². The molecule has 1 aliphatic heterocycles. The van der Waals surface area contributed by atoms with Gasteiger partial charge >= 0.3 is 0 Å². The van der Waals surface area contributed by atoms with Crippen molar-refractivity contribution in [2.24, 2.45) is 0 Å². The highest BCUT2D eigenvalue weighted by Crippen LogP contribution is 2.29. The van der Waals surface area contributed by atoms with Crippen LogP contribution in [0.4, 0.5) is 17.3 Å². The Morgan fingerprint density at radius 1 is 0.889 bits per heavy atom. The van der Waals surface area contributed by atoms with Crippen molar-refractivity contribution in [3.8, 4) is 0 Å². The quantitative estimate of drug-likeness (QED) is 0.672. The van der Waals surface area contributed by atoms with Crippen molar-refractivity contribution in [2.45, 2.75) is 24.2 Å².